The molecule has 0 heterocycles. The lowest BCUT2D eigenvalue weighted by Crippen LogP contribution is -2.42. The minimum Gasteiger partial charge on any atom is -0.398 e. The van der Waals surface area contributed by atoms with Crippen LogP contribution in [0.5, 0.6) is 0 Å². The van der Waals surface area contributed by atoms with E-state index in [4.69, 9.17) is 8.85 Å². The normalized spacial score (nSPS) is 13.4. The van der Waals surface area contributed by atoms with E-state index in [0.717, 1.165) is 31.7 Å². The molecule has 0 aromatic carbocycles. The first-order chi connectivity index (χ1) is 11.6. The summed E-state index contributed by atoms with van der Waals surface area (Å²) in [6.07, 6.45) is 4.92. The highest BCUT2D eigenvalue weighted by molar-refractivity contribution is 6.67. The zero-order chi connectivity index (χ0) is 19.5. The van der Waals surface area contributed by atoms with Crippen molar-refractivity contribution >= 4 is 8.56 Å². The van der Waals surface area contributed by atoms with Gasteiger partial charge in [0.15, 0.2) is 0 Å². The largest absolute Gasteiger partial charge is 0.398 e. The number of rotatable bonds is 15. The van der Waals surface area contributed by atoms with Crippen LogP contribution >= 0.6 is 0 Å². The van der Waals surface area contributed by atoms with Crippen molar-refractivity contribution in [2.75, 3.05) is 76.1 Å². The molecular weight excluding hydrogens is 330 g/mol. The van der Waals surface area contributed by atoms with Gasteiger partial charge in [0.25, 0.3) is 0 Å². The fourth-order valence-electron chi connectivity index (χ4n) is 3.34. The van der Waals surface area contributed by atoms with Gasteiger partial charge in [-0.2, -0.15) is 0 Å². The molecular formula is C19H45N3O2Si. The van der Waals surface area contributed by atoms with Gasteiger partial charge in [-0.05, 0) is 105 Å². The van der Waals surface area contributed by atoms with Crippen LogP contribution in [0.3, 0.4) is 0 Å². The maximum Gasteiger partial charge on any atom is 0.337 e. The zero-order valence-corrected chi connectivity index (χ0v) is 19.5. The molecule has 0 N–H and O–H groups in total. The molecule has 152 valence electrons. The quantitative estimate of drug-likeness (QED) is 0.410. The van der Waals surface area contributed by atoms with E-state index >= 15 is 0 Å². The van der Waals surface area contributed by atoms with Crippen LogP contribution in [0.15, 0.2) is 0 Å². The molecule has 0 unspecified atom stereocenters. The lowest BCUT2D eigenvalue weighted by Gasteiger charge is -2.39. The molecule has 0 spiro atoms. The van der Waals surface area contributed by atoms with Crippen molar-refractivity contribution in [3.63, 3.8) is 0 Å². The lowest BCUT2D eigenvalue weighted by molar-refractivity contribution is 0.141. The lowest BCUT2D eigenvalue weighted by atomic mass is 9.75. The Morgan fingerprint density at radius 3 is 1.28 bits per heavy atom. The minimum absolute atomic E-state index is 0.350. The summed E-state index contributed by atoms with van der Waals surface area (Å²) in [7, 11) is 14.7. The van der Waals surface area contributed by atoms with Crippen LogP contribution in [0, 0.1) is 5.41 Å². The predicted octanol–water partition coefficient (Wildman–Crippen LogP) is 2.97. The first kappa shape index (κ1) is 25.0. The Bertz CT molecular complexity index is 295. The van der Waals surface area contributed by atoms with E-state index in [1.807, 2.05) is 14.2 Å². The molecule has 5 nitrogen and oxygen atoms in total. The van der Waals surface area contributed by atoms with Crippen molar-refractivity contribution < 1.29 is 8.85 Å². The van der Waals surface area contributed by atoms with Crippen LogP contribution < -0.4 is 0 Å². The van der Waals surface area contributed by atoms with E-state index in [0.29, 0.717) is 5.41 Å². The predicted molar refractivity (Wildman–Crippen MR) is 112 cm³/mol. The van der Waals surface area contributed by atoms with Crippen molar-refractivity contribution in [2.45, 2.75) is 44.7 Å². The summed E-state index contributed by atoms with van der Waals surface area (Å²) in [5, 5.41) is 0. The summed E-state index contributed by atoms with van der Waals surface area (Å²) in [6.45, 7) is 5.63. The van der Waals surface area contributed by atoms with Gasteiger partial charge in [-0.15, -0.1) is 0 Å². The average molecular weight is 376 g/mol. The topological polar surface area (TPSA) is 28.2 Å². The van der Waals surface area contributed by atoms with E-state index in [9.17, 15) is 0 Å². The molecule has 0 aliphatic rings. The van der Waals surface area contributed by atoms with Crippen molar-refractivity contribution in [3.05, 3.63) is 0 Å². The second-order valence-corrected chi connectivity index (χ2v) is 12.2. The molecule has 0 aromatic heterocycles. The van der Waals surface area contributed by atoms with Gasteiger partial charge >= 0.3 is 8.56 Å². The summed E-state index contributed by atoms with van der Waals surface area (Å²) in [4.78, 5) is 6.95. The summed E-state index contributed by atoms with van der Waals surface area (Å²) in [6, 6.07) is 2.11. The highest BCUT2D eigenvalue weighted by atomic mass is 28.4. The minimum atomic E-state index is -2.04. The smallest absolute Gasteiger partial charge is 0.337 e. The second kappa shape index (κ2) is 12.4. The van der Waals surface area contributed by atoms with Gasteiger partial charge in [-0.25, -0.2) is 0 Å². The molecule has 0 aromatic rings. The summed E-state index contributed by atoms with van der Waals surface area (Å²) in [5.41, 5.74) is 0.350. The molecule has 0 amide bonds. The molecule has 0 fully saturated rings. The standard InChI is InChI=1S/C19H45N3O2Si/c1-10-25(23-8,24-9)18-14-19(11-15-20(2)3,12-16-21(4)5)13-17-22(6)7/h10-18H2,1-9H3. The Balaban J connectivity index is 5.29. The Morgan fingerprint density at radius 1 is 0.680 bits per heavy atom. The van der Waals surface area contributed by atoms with Crippen LogP contribution in [-0.4, -0.2) is 99.4 Å². The summed E-state index contributed by atoms with van der Waals surface area (Å²) >= 11 is 0. The molecule has 0 bridgehead atoms. The van der Waals surface area contributed by atoms with E-state index in [1.54, 1.807) is 0 Å². The van der Waals surface area contributed by atoms with Crippen molar-refractivity contribution in [2.24, 2.45) is 5.41 Å². The van der Waals surface area contributed by atoms with Gasteiger partial charge in [0.2, 0.25) is 0 Å². The van der Waals surface area contributed by atoms with Gasteiger partial charge in [0.05, 0.1) is 0 Å². The summed E-state index contributed by atoms with van der Waals surface area (Å²) in [5.74, 6) is 0. The van der Waals surface area contributed by atoms with Crippen LogP contribution in [0.1, 0.15) is 32.6 Å². The van der Waals surface area contributed by atoms with Gasteiger partial charge in [-0.1, -0.05) is 6.92 Å². The van der Waals surface area contributed by atoms with E-state index < -0.39 is 8.56 Å². The Kier molecular flexibility index (Phi) is 12.4. The van der Waals surface area contributed by atoms with Crippen LogP contribution in [0.25, 0.3) is 0 Å². The highest BCUT2D eigenvalue weighted by Gasteiger charge is 2.38. The number of nitrogens with zero attached hydrogens (tertiary/aromatic N) is 3. The van der Waals surface area contributed by atoms with Gasteiger partial charge in [-0.3, -0.25) is 0 Å². The van der Waals surface area contributed by atoms with Gasteiger partial charge < -0.3 is 23.6 Å². The van der Waals surface area contributed by atoms with E-state index in [1.165, 1.54) is 25.7 Å². The Labute approximate surface area is 158 Å². The summed E-state index contributed by atoms with van der Waals surface area (Å²) < 4.78 is 11.8. The van der Waals surface area contributed by atoms with Crippen molar-refractivity contribution in [3.8, 4) is 0 Å². The van der Waals surface area contributed by atoms with E-state index in [-0.39, 0.29) is 0 Å². The van der Waals surface area contributed by atoms with Crippen LogP contribution in [0.4, 0.5) is 0 Å². The average Bonchev–Trinajstić information content (AvgIpc) is 2.57. The molecule has 0 radical (unpaired) electrons. The molecule has 0 saturated heterocycles. The fourth-order valence-corrected chi connectivity index (χ4v) is 5.76. The van der Waals surface area contributed by atoms with Gasteiger partial charge in [0.1, 0.15) is 0 Å². The third kappa shape index (κ3) is 10.1. The van der Waals surface area contributed by atoms with Crippen molar-refractivity contribution in [1.82, 2.24) is 14.7 Å². The Hall–Kier alpha value is 0.0169. The molecule has 0 aliphatic carbocycles. The third-order valence-electron chi connectivity index (χ3n) is 5.59. The number of hydrogen-bond donors (Lipinski definition) is 0. The van der Waals surface area contributed by atoms with Crippen molar-refractivity contribution in [1.29, 1.82) is 0 Å². The zero-order valence-electron chi connectivity index (χ0n) is 18.5. The fraction of sp³-hybridized carbons (Fsp3) is 1.00. The molecule has 6 heteroatoms. The molecule has 25 heavy (non-hydrogen) atoms. The molecule has 0 saturated carbocycles. The van der Waals surface area contributed by atoms with Crippen LogP contribution in [-0.2, 0) is 8.85 Å². The molecule has 0 rings (SSSR count). The highest BCUT2D eigenvalue weighted by Crippen LogP contribution is 2.39. The SMILES string of the molecule is CC[Si](CCC(CCN(C)C)(CCN(C)C)CCN(C)C)(OC)OC. The maximum atomic E-state index is 5.89. The monoisotopic (exact) mass is 375 g/mol. The Morgan fingerprint density at radius 2 is 1.04 bits per heavy atom. The first-order valence-corrected chi connectivity index (χ1v) is 11.9. The number of hydrogen-bond acceptors (Lipinski definition) is 5. The molecule has 0 atom stereocenters. The van der Waals surface area contributed by atoms with Crippen LogP contribution in [0.2, 0.25) is 12.1 Å². The second-order valence-electron chi connectivity index (χ2n) is 8.33. The van der Waals surface area contributed by atoms with Gasteiger partial charge in [0, 0.05) is 14.2 Å². The third-order valence-corrected chi connectivity index (χ3v) is 9.16. The molecule has 0 aliphatic heterocycles. The maximum absolute atomic E-state index is 5.89. The van der Waals surface area contributed by atoms with E-state index in [2.05, 4.69) is 63.9 Å². The first-order valence-electron chi connectivity index (χ1n) is 9.69.